The average molecular weight is 348 g/mol. The second kappa shape index (κ2) is 6.74. The molecule has 1 atom stereocenters. The van der Waals surface area contributed by atoms with E-state index in [0.717, 1.165) is 24.8 Å². The van der Waals surface area contributed by atoms with Crippen LogP contribution in [-0.2, 0) is 34.1 Å². The van der Waals surface area contributed by atoms with Crippen LogP contribution in [0, 0.1) is 0 Å². The Bertz CT molecular complexity index is 831. The van der Waals surface area contributed by atoms with E-state index in [9.17, 15) is 13.2 Å². The molecule has 0 bridgehead atoms. The van der Waals surface area contributed by atoms with E-state index in [1.165, 1.54) is 18.9 Å². The second-order valence-electron chi connectivity index (χ2n) is 5.85. The zero-order valence-corrected chi connectivity index (χ0v) is 14.2. The van der Waals surface area contributed by atoms with Gasteiger partial charge in [-0.3, -0.25) is 4.79 Å². The number of hydrogen-bond donors (Lipinski definition) is 3. The van der Waals surface area contributed by atoms with Gasteiger partial charge in [0.25, 0.3) is 0 Å². The van der Waals surface area contributed by atoms with Crippen LogP contribution in [0.5, 0.6) is 0 Å². The maximum Gasteiger partial charge on any atom is 0.241 e. The number of sulfonamides is 1. The smallest absolute Gasteiger partial charge is 0.241 e. The second-order valence-corrected chi connectivity index (χ2v) is 7.57. The number of amides is 1. The van der Waals surface area contributed by atoms with Crippen molar-refractivity contribution < 1.29 is 13.2 Å². The van der Waals surface area contributed by atoms with E-state index in [1.54, 1.807) is 18.3 Å². The zero-order chi connectivity index (χ0) is 17.2. The lowest BCUT2D eigenvalue weighted by Crippen LogP contribution is -2.47. The molecule has 1 aromatic heterocycles. The van der Waals surface area contributed by atoms with Crippen molar-refractivity contribution in [1.82, 2.24) is 20.0 Å². The number of aromatic nitrogens is 2. The van der Waals surface area contributed by atoms with E-state index in [0.29, 0.717) is 5.69 Å². The topological polar surface area (TPSA) is 104 Å². The highest BCUT2D eigenvalue weighted by Crippen LogP contribution is 2.24. The third kappa shape index (κ3) is 3.49. The summed E-state index contributed by atoms with van der Waals surface area (Å²) < 4.78 is 27.9. The molecule has 0 fully saturated rings. The average Bonchev–Trinajstić information content (AvgIpc) is 3.23. The third-order valence-electron chi connectivity index (χ3n) is 4.22. The molecule has 128 valence electrons. The summed E-state index contributed by atoms with van der Waals surface area (Å²) in [5.74, 6) is -0.394. The van der Waals surface area contributed by atoms with Gasteiger partial charge in [-0.1, -0.05) is 6.07 Å². The zero-order valence-electron chi connectivity index (χ0n) is 13.4. The molecule has 2 aromatic rings. The standard InChI is InChI=1S/C16H20N4O3S/c1-17-16(21)15(8-13-9-18-10-19-13)20-24(22,23)14-6-5-11-3-2-4-12(11)7-14/h5-7,9-10,15,20H,2-4,8H2,1H3,(H,17,21)(H,18,19)/t15-/m0/s1. The van der Waals surface area contributed by atoms with Crippen LogP contribution in [0.15, 0.2) is 35.6 Å². The predicted octanol–water partition coefficient (Wildman–Crippen LogP) is 0.534. The van der Waals surface area contributed by atoms with Gasteiger partial charge in [-0.25, -0.2) is 13.4 Å². The quantitative estimate of drug-likeness (QED) is 0.708. The van der Waals surface area contributed by atoms with E-state index in [-0.39, 0.29) is 11.3 Å². The molecule has 1 heterocycles. The summed E-state index contributed by atoms with van der Waals surface area (Å²) in [5.41, 5.74) is 2.96. The molecule has 0 saturated heterocycles. The molecular formula is C16H20N4O3S. The molecule has 7 nitrogen and oxygen atoms in total. The van der Waals surface area contributed by atoms with E-state index in [4.69, 9.17) is 0 Å². The van der Waals surface area contributed by atoms with Gasteiger partial charge in [0.1, 0.15) is 6.04 Å². The van der Waals surface area contributed by atoms with Crippen LogP contribution < -0.4 is 10.0 Å². The molecule has 0 aliphatic heterocycles. The van der Waals surface area contributed by atoms with E-state index in [1.807, 2.05) is 6.07 Å². The largest absolute Gasteiger partial charge is 0.358 e. The fraction of sp³-hybridized carbons (Fsp3) is 0.375. The molecule has 1 amide bonds. The highest BCUT2D eigenvalue weighted by Gasteiger charge is 2.26. The Morgan fingerprint density at radius 3 is 2.83 bits per heavy atom. The Labute approximate surface area is 140 Å². The van der Waals surface area contributed by atoms with E-state index < -0.39 is 22.0 Å². The molecule has 1 aromatic carbocycles. The number of H-pyrrole nitrogens is 1. The van der Waals surface area contributed by atoms with Crippen molar-refractivity contribution in [2.45, 2.75) is 36.6 Å². The number of nitrogens with one attached hydrogen (secondary N) is 3. The Hall–Kier alpha value is -2.19. The normalized spacial score (nSPS) is 15.0. The first-order chi connectivity index (χ1) is 11.5. The molecule has 0 unspecified atom stereocenters. The van der Waals surface area contributed by atoms with Crippen molar-refractivity contribution in [1.29, 1.82) is 0 Å². The highest BCUT2D eigenvalue weighted by molar-refractivity contribution is 7.89. The number of likely N-dealkylation sites (N-methyl/N-ethyl adjacent to an activating group) is 1. The lowest BCUT2D eigenvalue weighted by Gasteiger charge is -2.17. The highest BCUT2D eigenvalue weighted by atomic mass is 32.2. The first-order valence-corrected chi connectivity index (χ1v) is 9.31. The SMILES string of the molecule is CNC(=O)[C@H](Cc1cnc[nH]1)NS(=O)(=O)c1ccc2c(c1)CCC2. The minimum absolute atomic E-state index is 0.196. The number of imidazole rings is 1. The number of aryl methyl sites for hydroxylation is 2. The van der Waals surface area contributed by atoms with Gasteiger partial charge in [0.05, 0.1) is 11.2 Å². The maximum atomic E-state index is 12.7. The first-order valence-electron chi connectivity index (χ1n) is 7.82. The summed E-state index contributed by atoms with van der Waals surface area (Å²) in [7, 11) is -2.31. The summed E-state index contributed by atoms with van der Waals surface area (Å²) in [6.45, 7) is 0. The fourth-order valence-electron chi connectivity index (χ4n) is 2.95. The van der Waals surface area contributed by atoms with Gasteiger partial charge in [0.15, 0.2) is 0 Å². The molecule has 1 aliphatic rings. The maximum absolute atomic E-state index is 12.7. The van der Waals surface area contributed by atoms with Crippen LogP contribution in [0.4, 0.5) is 0 Å². The van der Waals surface area contributed by atoms with Crippen molar-refractivity contribution in [2.24, 2.45) is 0 Å². The van der Waals surface area contributed by atoms with Gasteiger partial charge < -0.3 is 10.3 Å². The third-order valence-corrected chi connectivity index (χ3v) is 5.69. The van der Waals surface area contributed by atoms with E-state index in [2.05, 4.69) is 20.0 Å². The predicted molar refractivity (Wildman–Crippen MR) is 88.9 cm³/mol. The molecule has 1 aliphatic carbocycles. The minimum Gasteiger partial charge on any atom is -0.358 e. The summed E-state index contributed by atoms with van der Waals surface area (Å²) >= 11 is 0. The Balaban J connectivity index is 1.83. The first kappa shape index (κ1) is 16.7. The fourth-order valence-corrected chi connectivity index (χ4v) is 4.19. The Morgan fingerprint density at radius 1 is 1.33 bits per heavy atom. The van der Waals surface area contributed by atoms with Crippen molar-refractivity contribution in [3.63, 3.8) is 0 Å². The molecule has 0 spiro atoms. The number of fused-ring (bicyclic) bond motifs is 1. The summed E-state index contributed by atoms with van der Waals surface area (Å²) in [5, 5.41) is 2.49. The van der Waals surface area contributed by atoms with Crippen molar-refractivity contribution >= 4 is 15.9 Å². The van der Waals surface area contributed by atoms with Crippen molar-refractivity contribution in [2.75, 3.05) is 7.05 Å². The van der Waals surface area contributed by atoms with E-state index >= 15 is 0 Å². The molecule has 8 heteroatoms. The molecule has 0 radical (unpaired) electrons. The van der Waals surface area contributed by atoms with Gasteiger partial charge in [0.2, 0.25) is 15.9 Å². The Kier molecular flexibility index (Phi) is 4.68. The van der Waals surface area contributed by atoms with Gasteiger partial charge in [-0.2, -0.15) is 4.72 Å². The van der Waals surface area contributed by atoms with Crippen LogP contribution >= 0.6 is 0 Å². The van der Waals surface area contributed by atoms with Crippen LogP contribution in [0.3, 0.4) is 0 Å². The number of carbonyl (C=O) groups excluding carboxylic acids is 1. The number of carbonyl (C=O) groups is 1. The van der Waals surface area contributed by atoms with Crippen LogP contribution in [0.25, 0.3) is 0 Å². The number of aromatic amines is 1. The molecule has 3 rings (SSSR count). The molecular weight excluding hydrogens is 328 g/mol. The molecule has 0 saturated carbocycles. The monoisotopic (exact) mass is 348 g/mol. The number of benzene rings is 1. The summed E-state index contributed by atoms with van der Waals surface area (Å²) in [6, 6.07) is 4.26. The number of rotatable bonds is 6. The summed E-state index contributed by atoms with van der Waals surface area (Å²) in [6.07, 6.45) is 6.19. The lowest BCUT2D eigenvalue weighted by molar-refractivity contribution is -0.122. The van der Waals surface area contributed by atoms with Crippen molar-refractivity contribution in [3.05, 3.63) is 47.5 Å². The number of nitrogens with zero attached hydrogens (tertiary/aromatic N) is 1. The lowest BCUT2D eigenvalue weighted by atomic mass is 10.1. The number of hydrogen-bond acceptors (Lipinski definition) is 4. The summed E-state index contributed by atoms with van der Waals surface area (Å²) in [4.78, 5) is 19.0. The van der Waals surface area contributed by atoms with Crippen LogP contribution in [0.2, 0.25) is 0 Å². The van der Waals surface area contributed by atoms with Crippen LogP contribution in [-0.4, -0.2) is 37.4 Å². The van der Waals surface area contributed by atoms with Gasteiger partial charge in [-0.15, -0.1) is 0 Å². The van der Waals surface area contributed by atoms with Crippen LogP contribution in [0.1, 0.15) is 23.2 Å². The molecule has 3 N–H and O–H groups in total. The molecule has 24 heavy (non-hydrogen) atoms. The van der Waals surface area contributed by atoms with Gasteiger partial charge >= 0.3 is 0 Å². The van der Waals surface area contributed by atoms with Gasteiger partial charge in [-0.05, 0) is 42.5 Å². The minimum atomic E-state index is -3.78. The Morgan fingerprint density at radius 2 is 2.12 bits per heavy atom. The van der Waals surface area contributed by atoms with Gasteiger partial charge in [0, 0.05) is 25.4 Å². The van der Waals surface area contributed by atoms with Crippen molar-refractivity contribution in [3.8, 4) is 0 Å².